The Kier molecular flexibility index (Phi) is 5.13. The minimum absolute atomic E-state index is 0.118. The first-order valence-corrected chi connectivity index (χ1v) is 9.83. The van der Waals surface area contributed by atoms with Crippen LogP contribution in [0.5, 0.6) is 11.5 Å². The van der Waals surface area contributed by atoms with Crippen molar-refractivity contribution in [1.29, 1.82) is 0 Å². The fourth-order valence-electron chi connectivity index (χ4n) is 3.98. The number of aromatic amines is 1. The van der Waals surface area contributed by atoms with Gasteiger partial charge in [0.25, 0.3) is 5.91 Å². The van der Waals surface area contributed by atoms with Gasteiger partial charge in [-0.15, -0.1) is 0 Å². The number of hydrogen-bond donors (Lipinski definition) is 3. The van der Waals surface area contributed by atoms with E-state index >= 15 is 0 Å². The second-order valence-electron chi connectivity index (χ2n) is 7.38. The molecular weight excluding hydrogens is 362 g/mol. The molecular formula is C20H26N3O5+. The fraction of sp³-hybridized carbons (Fsp3) is 0.500. The van der Waals surface area contributed by atoms with Crippen LogP contribution in [0.2, 0.25) is 0 Å². The van der Waals surface area contributed by atoms with Crippen molar-refractivity contribution in [2.24, 2.45) is 0 Å². The molecule has 0 saturated carbocycles. The van der Waals surface area contributed by atoms with Gasteiger partial charge < -0.3 is 29.4 Å². The molecule has 1 saturated heterocycles. The zero-order valence-corrected chi connectivity index (χ0v) is 16.2. The number of likely N-dealkylation sites (tertiary alicyclic amines) is 1. The summed E-state index contributed by atoms with van der Waals surface area (Å²) in [6.45, 7) is 5.70. The predicted octanol–water partition coefficient (Wildman–Crippen LogP) is 1.47. The third-order valence-corrected chi connectivity index (χ3v) is 5.51. The number of esters is 1. The molecule has 2 aromatic rings. The van der Waals surface area contributed by atoms with Crippen molar-refractivity contribution < 1.29 is 28.7 Å². The van der Waals surface area contributed by atoms with Crippen molar-refractivity contribution in [2.75, 3.05) is 31.8 Å². The van der Waals surface area contributed by atoms with E-state index in [-0.39, 0.29) is 25.0 Å². The van der Waals surface area contributed by atoms with Crippen LogP contribution >= 0.6 is 0 Å². The van der Waals surface area contributed by atoms with E-state index in [4.69, 9.17) is 14.2 Å². The first kappa shape index (κ1) is 18.6. The van der Waals surface area contributed by atoms with Crippen LogP contribution in [0.3, 0.4) is 0 Å². The number of nitrogens with one attached hydrogen (secondary N) is 3. The molecule has 0 bridgehead atoms. The van der Waals surface area contributed by atoms with Gasteiger partial charge in [-0.3, -0.25) is 4.79 Å². The Morgan fingerprint density at radius 3 is 2.82 bits per heavy atom. The zero-order chi connectivity index (χ0) is 19.7. The highest BCUT2D eigenvalue weighted by Crippen LogP contribution is 2.39. The van der Waals surface area contributed by atoms with Crippen molar-refractivity contribution in [1.82, 2.24) is 4.98 Å². The Morgan fingerprint density at radius 2 is 2.07 bits per heavy atom. The van der Waals surface area contributed by atoms with Crippen LogP contribution in [0, 0.1) is 0 Å². The molecule has 150 valence electrons. The smallest absolute Gasteiger partial charge is 0.356 e. The van der Waals surface area contributed by atoms with E-state index in [1.807, 2.05) is 0 Å². The van der Waals surface area contributed by atoms with E-state index in [1.165, 1.54) is 11.3 Å². The number of fused-ring (bicyclic) bond motifs is 2. The van der Waals surface area contributed by atoms with Crippen molar-refractivity contribution >= 4 is 28.5 Å². The second kappa shape index (κ2) is 7.71. The fourth-order valence-corrected chi connectivity index (χ4v) is 3.98. The highest BCUT2D eigenvalue weighted by molar-refractivity contribution is 6.11. The number of carbonyl (C=O) groups is 2. The molecule has 2 aliphatic rings. The lowest BCUT2D eigenvalue weighted by atomic mass is 10.0. The average molecular weight is 388 g/mol. The number of carbonyl (C=O) groups excluding carboxylic acids is 2. The van der Waals surface area contributed by atoms with Gasteiger partial charge in [-0.05, 0) is 39.2 Å². The van der Waals surface area contributed by atoms with E-state index in [1.54, 1.807) is 19.1 Å². The number of H-pyrrole nitrogens is 1. The van der Waals surface area contributed by atoms with Crippen molar-refractivity contribution in [2.45, 2.75) is 39.2 Å². The maximum absolute atomic E-state index is 12.8. The van der Waals surface area contributed by atoms with Crippen LogP contribution in [-0.2, 0) is 9.53 Å². The Bertz CT molecular complexity index is 907. The second-order valence-corrected chi connectivity index (χ2v) is 7.38. The van der Waals surface area contributed by atoms with Crippen LogP contribution in [0.15, 0.2) is 12.1 Å². The first-order valence-electron chi connectivity index (χ1n) is 9.83. The van der Waals surface area contributed by atoms with E-state index < -0.39 is 5.97 Å². The summed E-state index contributed by atoms with van der Waals surface area (Å²) in [5, 5.41) is 3.64. The molecule has 3 heterocycles. The molecule has 8 heteroatoms. The Labute approximate surface area is 163 Å². The topological polar surface area (TPSA) is 94.1 Å². The molecule has 2 aliphatic heterocycles. The van der Waals surface area contributed by atoms with E-state index in [0.29, 0.717) is 40.7 Å². The summed E-state index contributed by atoms with van der Waals surface area (Å²) in [7, 11) is 0. The van der Waals surface area contributed by atoms with Gasteiger partial charge in [-0.1, -0.05) is 0 Å². The molecule has 1 unspecified atom stereocenters. The maximum Gasteiger partial charge on any atom is 0.356 e. The van der Waals surface area contributed by atoms with Gasteiger partial charge in [-0.2, -0.15) is 0 Å². The molecule has 0 aliphatic carbocycles. The van der Waals surface area contributed by atoms with Gasteiger partial charge in [0.1, 0.15) is 5.69 Å². The Morgan fingerprint density at radius 1 is 1.29 bits per heavy atom. The summed E-state index contributed by atoms with van der Waals surface area (Å²) in [5.74, 6) is 0.573. The van der Waals surface area contributed by atoms with Crippen LogP contribution < -0.4 is 19.7 Å². The minimum Gasteiger partial charge on any atom is -0.461 e. The number of quaternary nitrogens is 1. The number of aromatic nitrogens is 1. The van der Waals surface area contributed by atoms with Gasteiger partial charge in [-0.25, -0.2) is 4.79 Å². The number of amides is 1. The number of benzene rings is 1. The SMILES string of the molecule is CCOC(=O)c1[nH]c2cc3c(cc2c1NC(=O)C[NH+]1CCCC[C@@H]1C)OCO3. The molecule has 28 heavy (non-hydrogen) atoms. The molecule has 2 atom stereocenters. The average Bonchev–Trinajstić information content (AvgIpc) is 3.26. The molecule has 3 N–H and O–H groups in total. The summed E-state index contributed by atoms with van der Waals surface area (Å²) >= 11 is 0. The van der Waals surface area contributed by atoms with Crippen LogP contribution in [-0.4, -0.2) is 49.4 Å². The summed E-state index contributed by atoms with van der Waals surface area (Å²) in [6, 6.07) is 4.01. The maximum atomic E-state index is 12.8. The van der Waals surface area contributed by atoms with Gasteiger partial charge in [0.15, 0.2) is 18.0 Å². The summed E-state index contributed by atoms with van der Waals surface area (Å²) in [6.07, 6.45) is 3.49. The van der Waals surface area contributed by atoms with Crippen molar-refractivity contribution in [3.8, 4) is 11.5 Å². The highest BCUT2D eigenvalue weighted by Gasteiger charge is 2.27. The van der Waals surface area contributed by atoms with Crippen molar-refractivity contribution in [3.05, 3.63) is 17.8 Å². The summed E-state index contributed by atoms with van der Waals surface area (Å²) in [4.78, 5) is 29.6. The third kappa shape index (κ3) is 3.52. The largest absolute Gasteiger partial charge is 0.461 e. The molecule has 1 fully saturated rings. The first-order chi connectivity index (χ1) is 13.6. The van der Waals surface area contributed by atoms with E-state index in [0.717, 1.165) is 19.4 Å². The number of ether oxygens (including phenoxy) is 3. The lowest BCUT2D eigenvalue weighted by molar-refractivity contribution is -0.920. The number of rotatable bonds is 5. The zero-order valence-electron chi connectivity index (χ0n) is 16.2. The van der Waals surface area contributed by atoms with Crippen LogP contribution in [0.1, 0.15) is 43.6 Å². The Balaban J connectivity index is 1.64. The van der Waals surface area contributed by atoms with Crippen molar-refractivity contribution in [3.63, 3.8) is 0 Å². The van der Waals surface area contributed by atoms with Crippen LogP contribution in [0.4, 0.5) is 5.69 Å². The molecule has 0 radical (unpaired) electrons. The molecule has 8 nitrogen and oxygen atoms in total. The summed E-state index contributed by atoms with van der Waals surface area (Å²) < 4.78 is 16.0. The third-order valence-electron chi connectivity index (χ3n) is 5.51. The van der Waals surface area contributed by atoms with E-state index in [2.05, 4.69) is 17.2 Å². The highest BCUT2D eigenvalue weighted by atomic mass is 16.7. The van der Waals surface area contributed by atoms with Gasteiger partial charge in [0.05, 0.1) is 30.4 Å². The molecule has 1 aromatic carbocycles. The molecule has 4 rings (SSSR count). The Hall–Kier alpha value is -2.74. The lowest BCUT2D eigenvalue weighted by Crippen LogP contribution is -3.17. The normalized spacial score (nSPS) is 20.9. The summed E-state index contributed by atoms with van der Waals surface area (Å²) in [5.41, 5.74) is 1.35. The van der Waals surface area contributed by atoms with Gasteiger partial charge >= 0.3 is 5.97 Å². The lowest BCUT2D eigenvalue weighted by Gasteiger charge is -2.29. The minimum atomic E-state index is -0.505. The molecule has 1 aromatic heterocycles. The number of piperidine rings is 1. The van der Waals surface area contributed by atoms with E-state index in [9.17, 15) is 9.59 Å². The quantitative estimate of drug-likeness (QED) is 0.675. The number of anilines is 1. The molecule has 1 amide bonds. The number of hydrogen-bond acceptors (Lipinski definition) is 5. The monoisotopic (exact) mass is 388 g/mol. The van der Waals surface area contributed by atoms with Crippen LogP contribution in [0.25, 0.3) is 10.9 Å². The van der Waals surface area contributed by atoms with Gasteiger partial charge in [0.2, 0.25) is 6.79 Å². The standard InChI is InChI=1S/C20H25N3O5/c1-3-26-20(25)19-18(22-17(24)10-23-7-5-4-6-12(23)2)13-8-15-16(28-11-27-15)9-14(13)21-19/h8-9,12,21H,3-7,10-11H2,1-2H3,(H,22,24)/p+1/t12-/m0/s1. The van der Waals surface area contributed by atoms with Gasteiger partial charge in [0, 0.05) is 11.5 Å². The predicted molar refractivity (Wildman–Crippen MR) is 103 cm³/mol. The molecule has 0 spiro atoms.